The molecule has 0 radical (unpaired) electrons. The van der Waals surface area contributed by atoms with Crippen LogP contribution in [0.3, 0.4) is 0 Å². The van der Waals surface area contributed by atoms with Crippen LogP contribution >= 0.6 is 0 Å². The molecule has 0 saturated carbocycles. The first-order valence-corrected chi connectivity index (χ1v) is 12.2. The predicted molar refractivity (Wildman–Crippen MR) is 122 cm³/mol. The largest absolute Gasteiger partial charge is 0.417 e. The van der Waals surface area contributed by atoms with Gasteiger partial charge in [-0.05, 0) is 62.1 Å². The molecule has 0 bridgehead atoms. The van der Waals surface area contributed by atoms with Gasteiger partial charge in [0.15, 0.2) is 0 Å². The van der Waals surface area contributed by atoms with Crippen LogP contribution in [0.25, 0.3) is 0 Å². The van der Waals surface area contributed by atoms with Gasteiger partial charge >= 0.3 is 6.18 Å². The Morgan fingerprint density at radius 2 is 2.12 bits per heavy atom. The molecule has 33 heavy (non-hydrogen) atoms. The van der Waals surface area contributed by atoms with Crippen molar-refractivity contribution in [3.63, 3.8) is 0 Å². The van der Waals surface area contributed by atoms with Crippen LogP contribution in [-0.4, -0.2) is 48.1 Å². The molecule has 3 heterocycles. The lowest BCUT2D eigenvalue weighted by Gasteiger charge is -2.39. The van der Waals surface area contributed by atoms with E-state index in [0.717, 1.165) is 57.7 Å². The SMILES string of the molecule is CCC(CCC(C)NCC1CCOCC1(C)C)C(=O)N1CCc2ncc(C(F)(F)F)cc2C1. The van der Waals surface area contributed by atoms with Crippen LogP contribution < -0.4 is 5.32 Å². The predicted octanol–water partition coefficient (Wildman–Crippen LogP) is 4.83. The number of hydrogen-bond donors (Lipinski definition) is 1. The number of ether oxygens (including phenoxy) is 1. The molecule has 1 fully saturated rings. The third-order valence-corrected chi connectivity index (χ3v) is 7.37. The van der Waals surface area contributed by atoms with E-state index in [4.69, 9.17) is 4.74 Å². The topological polar surface area (TPSA) is 54.5 Å². The molecular formula is C25H38F3N3O2. The molecule has 1 amide bonds. The monoisotopic (exact) mass is 469 g/mol. The zero-order valence-electron chi connectivity index (χ0n) is 20.3. The van der Waals surface area contributed by atoms with Crippen LogP contribution in [0.2, 0.25) is 0 Å². The van der Waals surface area contributed by atoms with E-state index in [2.05, 4.69) is 31.1 Å². The molecule has 8 heteroatoms. The molecule has 3 rings (SSSR count). The standard InChI is InChI=1S/C25H38F3N3O2/c1-5-18(7-6-17(2)29-13-20-9-11-33-16-24(20,3)4)23(32)31-10-8-22-19(15-31)12-21(14-30-22)25(26,27)28/h12,14,17-18,20,29H,5-11,13,15-16H2,1-4H3. The van der Waals surface area contributed by atoms with Crippen LogP contribution in [-0.2, 0) is 28.7 Å². The summed E-state index contributed by atoms with van der Waals surface area (Å²) in [6, 6.07) is 1.44. The van der Waals surface area contributed by atoms with Gasteiger partial charge in [0.2, 0.25) is 5.91 Å². The Bertz CT molecular complexity index is 813. The highest BCUT2D eigenvalue weighted by Gasteiger charge is 2.34. The molecule has 5 nitrogen and oxygen atoms in total. The average molecular weight is 470 g/mol. The van der Waals surface area contributed by atoms with Crippen molar-refractivity contribution in [2.45, 2.75) is 78.6 Å². The van der Waals surface area contributed by atoms with E-state index in [1.165, 1.54) is 0 Å². The lowest BCUT2D eigenvalue weighted by atomic mass is 9.76. The minimum atomic E-state index is -4.43. The number of rotatable bonds is 8. The second kappa shape index (κ2) is 10.7. The van der Waals surface area contributed by atoms with Crippen LogP contribution in [0.15, 0.2) is 12.3 Å². The smallest absolute Gasteiger partial charge is 0.381 e. The summed E-state index contributed by atoms with van der Waals surface area (Å²) in [6.45, 7) is 11.9. The maximum absolute atomic E-state index is 13.2. The summed E-state index contributed by atoms with van der Waals surface area (Å²) in [5, 5.41) is 3.64. The minimum Gasteiger partial charge on any atom is -0.381 e. The van der Waals surface area contributed by atoms with Crippen molar-refractivity contribution in [2.75, 3.05) is 26.3 Å². The molecule has 0 spiro atoms. The van der Waals surface area contributed by atoms with Gasteiger partial charge < -0.3 is 15.0 Å². The highest BCUT2D eigenvalue weighted by Crippen LogP contribution is 2.33. The van der Waals surface area contributed by atoms with Crippen LogP contribution in [0.1, 0.15) is 70.2 Å². The summed E-state index contributed by atoms with van der Waals surface area (Å²) >= 11 is 0. The van der Waals surface area contributed by atoms with Crippen molar-refractivity contribution in [3.05, 3.63) is 29.1 Å². The van der Waals surface area contributed by atoms with Gasteiger partial charge in [0.1, 0.15) is 0 Å². The lowest BCUT2D eigenvalue weighted by Crippen LogP contribution is -2.43. The number of nitrogens with zero attached hydrogens (tertiary/aromatic N) is 2. The Balaban J connectivity index is 1.52. The number of alkyl halides is 3. The maximum atomic E-state index is 13.2. The Morgan fingerprint density at radius 3 is 2.79 bits per heavy atom. The molecule has 3 unspecified atom stereocenters. The van der Waals surface area contributed by atoms with E-state index < -0.39 is 11.7 Å². The van der Waals surface area contributed by atoms with Gasteiger partial charge in [-0.1, -0.05) is 20.8 Å². The van der Waals surface area contributed by atoms with E-state index in [9.17, 15) is 18.0 Å². The molecule has 1 aromatic heterocycles. The van der Waals surface area contributed by atoms with Gasteiger partial charge in [0, 0.05) is 50.0 Å². The molecule has 1 N–H and O–H groups in total. The highest BCUT2D eigenvalue weighted by molar-refractivity contribution is 5.79. The Labute approximate surface area is 195 Å². The van der Waals surface area contributed by atoms with E-state index in [-0.39, 0.29) is 23.8 Å². The Hall–Kier alpha value is -1.67. The van der Waals surface area contributed by atoms with Crippen LogP contribution in [0.5, 0.6) is 0 Å². The van der Waals surface area contributed by atoms with Gasteiger partial charge in [-0.2, -0.15) is 13.2 Å². The number of pyridine rings is 1. The fourth-order valence-corrected chi connectivity index (χ4v) is 4.87. The summed E-state index contributed by atoms with van der Waals surface area (Å²) in [5.74, 6) is 0.494. The van der Waals surface area contributed by atoms with Gasteiger partial charge in [-0.25, -0.2) is 0 Å². The first kappa shape index (κ1) is 25.9. The number of amides is 1. The summed E-state index contributed by atoms with van der Waals surface area (Å²) in [4.78, 5) is 18.9. The van der Waals surface area contributed by atoms with Gasteiger partial charge in [-0.3, -0.25) is 9.78 Å². The number of carbonyl (C=O) groups is 1. The van der Waals surface area contributed by atoms with E-state index in [0.29, 0.717) is 36.2 Å². The number of aromatic nitrogens is 1. The zero-order valence-corrected chi connectivity index (χ0v) is 20.3. The molecule has 2 aliphatic heterocycles. The molecule has 1 saturated heterocycles. The highest BCUT2D eigenvalue weighted by atomic mass is 19.4. The second-order valence-electron chi connectivity index (χ2n) is 10.4. The quantitative estimate of drug-likeness (QED) is 0.592. The molecule has 186 valence electrons. The fraction of sp³-hybridized carbons (Fsp3) is 0.760. The minimum absolute atomic E-state index is 0.0401. The molecule has 2 aliphatic rings. The maximum Gasteiger partial charge on any atom is 0.417 e. The van der Waals surface area contributed by atoms with Crippen molar-refractivity contribution in [1.29, 1.82) is 0 Å². The molecule has 3 atom stereocenters. The molecule has 0 aliphatic carbocycles. The summed E-state index contributed by atoms with van der Waals surface area (Å²) in [5.41, 5.74) is 0.579. The first-order valence-electron chi connectivity index (χ1n) is 12.2. The molecule has 1 aromatic rings. The van der Waals surface area contributed by atoms with Crippen LogP contribution in [0, 0.1) is 17.3 Å². The van der Waals surface area contributed by atoms with Crippen molar-refractivity contribution in [2.24, 2.45) is 17.3 Å². The fourth-order valence-electron chi connectivity index (χ4n) is 4.87. The second-order valence-corrected chi connectivity index (χ2v) is 10.4. The summed E-state index contributed by atoms with van der Waals surface area (Å²) in [6.07, 6.45) is 0.397. The van der Waals surface area contributed by atoms with E-state index in [1.807, 2.05) is 6.92 Å². The third-order valence-electron chi connectivity index (χ3n) is 7.37. The molecule has 0 aromatic carbocycles. The van der Waals surface area contributed by atoms with Crippen molar-refractivity contribution < 1.29 is 22.7 Å². The van der Waals surface area contributed by atoms with Gasteiger partial charge in [-0.15, -0.1) is 0 Å². The number of fused-ring (bicyclic) bond motifs is 1. The zero-order chi connectivity index (χ0) is 24.2. The van der Waals surface area contributed by atoms with E-state index in [1.54, 1.807) is 4.90 Å². The summed E-state index contributed by atoms with van der Waals surface area (Å²) in [7, 11) is 0. The van der Waals surface area contributed by atoms with Gasteiger partial charge in [0.05, 0.1) is 12.2 Å². The van der Waals surface area contributed by atoms with Gasteiger partial charge in [0.25, 0.3) is 0 Å². The lowest BCUT2D eigenvalue weighted by molar-refractivity contribution is -0.138. The number of carbonyl (C=O) groups excluding carboxylic acids is 1. The van der Waals surface area contributed by atoms with Crippen molar-refractivity contribution in [3.8, 4) is 0 Å². The Kier molecular flexibility index (Phi) is 8.43. The number of hydrogen-bond acceptors (Lipinski definition) is 4. The van der Waals surface area contributed by atoms with Crippen molar-refractivity contribution >= 4 is 5.91 Å². The third kappa shape index (κ3) is 6.69. The van der Waals surface area contributed by atoms with E-state index >= 15 is 0 Å². The average Bonchev–Trinajstić information content (AvgIpc) is 2.77. The molecular weight excluding hydrogens is 431 g/mol. The first-order chi connectivity index (χ1) is 15.5. The van der Waals surface area contributed by atoms with Crippen molar-refractivity contribution in [1.82, 2.24) is 15.2 Å². The number of halogens is 3. The normalized spacial score (nSPS) is 22.5. The number of nitrogens with one attached hydrogen (secondary N) is 1. The summed E-state index contributed by atoms with van der Waals surface area (Å²) < 4.78 is 44.8. The van der Waals surface area contributed by atoms with Crippen LogP contribution in [0.4, 0.5) is 13.2 Å². The Morgan fingerprint density at radius 1 is 1.36 bits per heavy atom.